The number of benzene rings is 2. The van der Waals surface area contributed by atoms with E-state index in [0.717, 1.165) is 61.9 Å². The van der Waals surface area contributed by atoms with Crippen molar-refractivity contribution in [3.63, 3.8) is 0 Å². The average Bonchev–Trinajstić information content (AvgIpc) is 3.39. The van der Waals surface area contributed by atoms with Gasteiger partial charge in [0.25, 0.3) is 0 Å². The van der Waals surface area contributed by atoms with Gasteiger partial charge in [-0.25, -0.2) is 4.68 Å². The van der Waals surface area contributed by atoms with E-state index in [4.69, 9.17) is 9.47 Å². The summed E-state index contributed by atoms with van der Waals surface area (Å²) < 4.78 is 13.2. The van der Waals surface area contributed by atoms with Gasteiger partial charge in [-0.05, 0) is 53.6 Å². The minimum Gasteiger partial charge on any atom is -0.497 e. The summed E-state index contributed by atoms with van der Waals surface area (Å²) in [5.41, 5.74) is 2.34. The first-order chi connectivity index (χ1) is 16.8. The molecule has 1 aromatic heterocycles. The molecule has 2 fully saturated rings. The molecule has 1 atom stereocenters. The first kappa shape index (κ1) is 22.7. The first-order valence-electron chi connectivity index (χ1n) is 12.3. The van der Waals surface area contributed by atoms with Crippen LogP contribution in [0.3, 0.4) is 0 Å². The minimum absolute atomic E-state index is 0.0499. The highest BCUT2D eigenvalue weighted by atomic mass is 16.5. The Hall–Kier alpha value is -3.13. The summed E-state index contributed by atoms with van der Waals surface area (Å²) in [4.78, 5) is 4.93. The Balaban J connectivity index is 1.43. The Kier molecular flexibility index (Phi) is 6.94. The van der Waals surface area contributed by atoms with Gasteiger partial charge >= 0.3 is 0 Å². The highest BCUT2D eigenvalue weighted by Gasteiger charge is 2.34. The van der Waals surface area contributed by atoms with Gasteiger partial charge in [0.1, 0.15) is 17.5 Å². The van der Waals surface area contributed by atoms with E-state index in [1.807, 2.05) is 24.3 Å². The molecule has 34 heavy (non-hydrogen) atoms. The van der Waals surface area contributed by atoms with Crippen LogP contribution in [0.1, 0.15) is 55.6 Å². The van der Waals surface area contributed by atoms with Crippen molar-refractivity contribution in [2.24, 2.45) is 0 Å². The van der Waals surface area contributed by atoms with E-state index >= 15 is 0 Å². The van der Waals surface area contributed by atoms with Crippen molar-refractivity contribution in [1.29, 1.82) is 0 Å². The molecule has 0 bridgehead atoms. The smallest absolute Gasteiger partial charge is 0.173 e. The van der Waals surface area contributed by atoms with Gasteiger partial charge < -0.3 is 14.4 Å². The molecule has 0 amide bonds. The summed E-state index contributed by atoms with van der Waals surface area (Å²) >= 11 is 0. The molecule has 8 nitrogen and oxygen atoms in total. The Labute approximate surface area is 201 Å². The van der Waals surface area contributed by atoms with Crippen LogP contribution in [0, 0.1) is 0 Å². The van der Waals surface area contributed by atoms with Crippen LogP contribution >= 0.6 is 0 Å². The lowest BCUT2D eigenvalue weighted by Crippen LogP contribution is -2.48. The second-order valence-electron chi connectivity index (χ2n) is 9.14. The molecule has 1 aliphatic carbocycles. The molecule has 1 aliphatic heterocycles. The van der Waals surface area contributed by atoms with Crippen LogP contribution in [0.4, 0.5) is 5.69 Å². The lowest BCUT2D eigenvalue weighted by Gasteiger charge is -2.40. The molecule has 2 aromatic carbocycles. The zero-order chi connectivity index (χ0) is 23.3. The monoisotopic (exact) mass is 462 g/mol. The molecular weight excluding hydrogens is 428 g/mol. The number of aromatic nitrogens is 4. The topological polar surface area (TPSA) is 68.5 Å². The van der Waals surface area contributed by atoms with E-state index in [0.29, 0.717) is 6.04 Å². The summed E-state index contributed by atoms with van der Waals surface area (Å²) in [6, 6.07) is 16.9. The molecule has 2 aliphatic rings. The Bertz CT molecular complexity index is 1060. The van der Waals surface area contributed by atoms with Crippen LogP contribution in [-0.4, -0.2) is 65.5 Å². The lowest BCUT2D eigenvalue weighted by molar-refractivity contribution is 0.190. The van der Waals surface area contributed by atoms with Gasteiger partial charge in [0.05, 0.1) is 20.3 Å². The van der Waals surface area contributed by atoms with E-state index in [1.54, 1.807) is 14.2 Å². The number of hydrogen-bond acceptors (Lipinski definition) is 7. The summed E-state index contributed by atoms with van der Waals surface area (Å²) in [7, 11) is 3.44. The third-order valence-electron chi connectivity index (χ3n) is 7.23. The van der Waals surface area contributed by atoms with Gasteiger partial charge in [0, 0.05) is 37.4 Å². The molecule has 180 valence electrons. The molecule has 0 unspecified atom stereocenters. The van der Waals surface area contributed by atoms with Crippen molar-refractivity contribution in [2.45, 2.75) is 44.2 Å². The number of methoxy groups -OCH3 is 2. The van der Waals surface area contributed by atoms with Crippen molar-refractivity contribution >= 4 is 5.69 Å². The summed E-state index contributed by atoms with van der Waals surface area (Å²) in [5, 5.41) is 13.2. The molecule has 0 N–H and O–H groups in total. The number of anilines is 1. The van der Waals surface area contributed by atoms with Crippen LogP contribution in [0.2, 0.25) is 0 Å². The zero-order valence-electron chi connectivity index (χ0n) is 20.1. The number of ether oxygens (including phenoxy) is 2. The molecule has 3 aromatic rings. The lowest BCUT2D eigenvalue weighted by atomic mass is 9.95. The predicted molar refractivity (Wildman–Crippen MR) is 132 cm³/mol. The fraction of sp³-hybridized carbons (Fsp3) is 0.500. The quantitative estimate of drug-likeness (QED) is 0.523. The van der Waals surface area contributed by atoms with E-state index in [1.165, 1.54) is 24.9 Å². The number of piperazine rings is 1. The number of tetrazole rings is 1. The van der Waals surface area contributed by atoms with Crippen LogP contribution in [0.25, 0.3) is 0 Å². The van der Waals surface area contributed by atoms with E-state index < -0.39 is 0 Å². The third kappa shape index (κ3) is 4.59. The van der Waals surface area contributed by atoms with E-state index in [9.17, 15) is 0 Å². The van der Waals surface area contributed by atoms with Crippen molar-refractivity contribution in [2.75, 3.05) is 45.3 Å². The Morgan fingerprint density at radius 1 is 0.853 bits per heavy atom. The standard InChI is InChI=1S/C26H34N6O2/c1-33-22-14-12-20(13-15-22)30-16-18-31(19-17-30)25(23-10-6-7-11-24(23)34-2)26-27-28-29-32(26)21-8-4-3-5-9-21/h6-7,10-15,21,25H,3-5,8-9,16-19H2,1-2H3/t25-/m0/s1. The zero-order valence-corrected chi connectivity index (χ0v) is 20.1. The fourth-order valence-electron chi connectivity index (χ4n) is 5.39. The Morgan fingerprint density at radius 2 is 1.59 bits per heavy atom. The van der Waals surface area contributed by atoms with Crippen molar-refractivity contribution < 1.29 is 9.47 Å². The van der Waals surface area contributed by atoms with E-state index in [2.05, 4.69) is 54.3 Å². The van der Waals surface area contributed by atoms with Crippen molar-refractivity contribution in [3.05, 3.63) is 59.9 Å². The second-order valence-corrected chi connectivity index (χ2v) is 9.14. The first-order valence-corrected chi connectivity index (χ1v) is 12.3. The Morgan fingerprint density at radius 3 is 2.29 bits per heavy atom. The third-order valence-corrected chi connectivity index (χ3v) is 7.23. The maximum Gasteiger partial charge on any atom is 0.173 e. The summed E-state index contributed by atoms with van der Waals surface area (Å²) in [6.45, 7) is 3.69. The van der Waals surface area contributed by atoms with Gasteiger partial charge in [-0.15, -0.1) is 5.10 Å². The average molecular weight is 463 g/mol. The van der Waals surface area contributed by atoms with Gasteiger partial charge in [-0.1, -0.05) is 37.5 Å². The molecular formula is C26H34N6O2. The van der Waals surface area contributed by atoms with Crippen molar-refractivity contribution in [3.8, 4) is 11.5 Å². The van der Waals surface area contributed by atoms with Crippen molar-refractivity contribution in [1.82, 2.24) is 25.1 Å². The van der Waals surface area contributed by atoms with Gasteiger partial charge in [-0.2, -0.15) is 0 Å². The SMILES string of the molecule is COc1ccc(N2CCN([C@@H](c3ccccc3OC)c3nnnn3C3CCCCC3)CC2)cc1. The van der Waals surface area contributed by atoms with E-state index in [-0.39, 0.29) is 6.04 Å². The maximum atomic E-state index is 5.79. The molecule has 0 radical (unpaired) electrons. The maximum absolute atomic E-state index is 5.79. The van der Waals surface area contributed by atoms with Crippen LogP contribution < -0.4 is 14.4 Å². The summed E-state index contributed by atoms with van der Waals surface area (Å²) in [5.74, 6) is 2.69. The van der Waals surface area contributed by atoms with Gasteiger partial charge in [-0.3, -0.25) is 4.90 Å². The molecule has 5 rings (SSSR count). The van der Waals surface area contributed by atoms with Crippen LogP contribution in [0.15, 0.2) is 48.5 Å². The van der Waals surface area contributed by atoms with Crippen LogP contribution in [-0.2, 0) is 0 Å². The van der Waals surface area contributed by atoms with Gasteiger partial charge in [0.2, 0.25) is 0 Å². The number of hydrogen-bond donors (Lipinski definition) is 0. The number of rotatable bonds is 7. The number of nitrogens with zero attached hydrogens (tertiary/aromatic N) is 6. The van der Waals surface area contributed by atoms with Crippen LogP contribution in [0.5, 0.6) is 11.5 Å². The second kappa shape index (κ2) is 10.4. The molecule has 2 heterocycles. The highest BCUT2D eigenvalue weighted by molar-refractivity contribution is 5.49. The summed E-state index contributed by atoms with van der Waals surface area (Å²) in [6.07, 6.45) is 6.06. The fourth-order valence-corrected chi connectivity index (χ4v) is 5.39. The van der Waals surface area contributed by atoms with Gasteiger partial charge in [0.15, 0.2) is 5.82 Å². The molecule has 1 saturated heterocycles. The predicted octanol–water partition coefficient (Wildman–Crippen LogP) is 4.11. The molecule has 1 saturated carbocycles. The molecule has 0 spiro atoms. The highest BCUT2D eigenvalue weighted by Crippen LogP contribution is 2.37. The normalized spacial score (nSPS) is 18.6. The minimum atomic E-state index is -0.0499. The number of para-hydroxylation sites is 1. The molecule has 8 heteroatoms. The largest absolute Gasteiger partial charge is 0.497 e.